The normalized spacial score (nSPS) is 15.8. The fourth-order valence-electron chi connectivity index (χ4n) is 1.84. The molecule has 0 bridgehead atoms. The van der Waals surface area contributed by atoms with Crippen molar-refractivity contribution in [2.24, 2.45) is 0 Å². The first kappa shape index (κ1) is 14.9. The number of carbonyl (C=O) groups is 2. The number of anilines is 1. The minimum absolute atomic E-state index is 0.0326. The van der Waals surface area contributed by atoms with Gasteiger partial charge in [0.15, 0.2) is 5.82 Å². The molecule has 20 heavy (non-hydrogen) atoms. The van der Waals surface area contributed by atoms with Gasteiger partial charge in [-0.05, 0) is 0 Å². The second-order valence-electron chi connectivity index (χ2n) is 5.82. The monoisotopic (exact) mass is 296 g/mol. The van der Waals surface area contributed by atoms with Gasteiger partial charge in [-0.15, -0.1) is 0 Å². The predicted octanol–water partition coefficient (Wildman–Crippen LogP) is 2.20. The molecule has 2 rings (SSSR count). The first-order valence-electron chi connectivity index (χ1n) is 6.64. The van der Waals surface area contributed by atoms with Crippen molar-refractivity contribution in [3.63, 3.8) is 0 Å². The number of hydrogen-bond donors (Lipinski definition) is 2. The Morgan fingerprint density at radius 3 is 2.85 bits per heavy atom. The summed E-state index contributed by atoms with van der Waals surface area (Å²) in [6, 6.07) is 1.84. The zero-order chi connectivity index (χ0) is 14.8. The van der Waals surface area contributed by atoms with Crippen LogP contribution in [0, 0.1) is 0 Å². The van der Waals surface area contributed by atoms with Gasteiger partial charge in [-0.25, -0.2) is 0 Å². The lowest BCUT2D eigenvalue weighted by atomic mass is 9.92. The van der Waals surface area contributed by atoms with Gasteiger partial charge >= 0.3 is 0 Å². The number of carbonyl (C=O) groups excluding carboxylic acids is 2. The van der Waals surface area contributed by atoms with E-state index in [4.69, 9.17) is 0 Å². The fourth-order valence-corrected chi connectivity index (χ4v) is 2.69. The van der Waals surface area contributed by atoms with Crippen molar-refractivity contribution in [3.8, 4) is 0 Å². The Labute approximate surface area is 122 Å². The molecule has 1 saturated heterocycles. The van der Waals surface area contributed by atoms with Gasteiger partial charge in [-0.1, -0.05) is 32.5 Å². The lowest BCUT2D eigenvalue weighted by Gasteiger charge is -2.14. The molecule has 1 aliphatic heterocycles. The van der Waals surface area contributed by atoms with Crippen LogP contribution in [-0.2, 0) is 10.2 Å². The first-order chi connectivity index (χ1) is 9.36. The highest BCUT2D eigenvalue weighted by atomic mass is 32.2. The number of nitrogens with zero attached hydrogens (tertiary/aromatic N) is 2. The van der Waals surface area contributed by atoms with Crippen LogP contribution in [0.1, 0.15) is 32.9 Å². The third-order valence-electron chi connectivity index (χ3n) is 3.11. The highest BCUT2D eigenvalue weighted by Gasteiger charge is 2.22. The second kappa shape index (κ2) is 5.87. The molecule has 1 aromatic heterocycles. The summed E-state index contributed by atoms with van der Waals surface area (Å²) in [5, 5.41) is 9.81. The molecule has 7 heteroatoms. The molecule has 2 heterocycles. The smallest absolute Gasteiger partial charge is 0.281 e. The molecule has 0 unspecified atom stereocenters. The van der Waals surface area contributed by atoms with E-state index in [1.165, 1.54) is 11.8 Å². The molecule has 2 amide bonds. The Bertz CT molecular complexity index is 507. The minimum atomic E-state index is -0.123. The zero-order valence-corrected chi connectivity index (χ0v) is 12.8. The van der Waals surface area contributed by atoms with Crippen molar-refractivity contribution < 1.29 is 9.59 Å². The summed E-state index contributed by atoms with van der Waals surface area (Å²) in [5.41, 5.74) is 0.939. The molecule has 0 saturated carbocycles. The molecule has 1 aromatic rings. The fraction of sp³-hybridized carbons (Fsp3) is 0.615. The van der Waals surface area contributed by atoms with Crippen molar-refractivity contribution in [1.29, 1.82) is 0 Å². The van der Waals surface area contributed by atoms with E-state index in [2.05, 4.69) is 36.3 Å². The van der Waals surface area contributed by atoms with Gasteiger partial charge in [-0.2, -0.15) is 5.10 Å². The van der Waals surface area contributed by atoms with Gasteiger partial charge < -0.3 is 10.2 Å². The van der Waals surface area contributed by atoms with Gasteiger partial charge in [0.25, 0.3) is 5.24 Å². The van der Waals surface area contributed by atoms with E-state index in [1.54, 1.807) is 4.90 Å². The van der Waals surface area contributed by atoms with Gasteiger partial charge in [0.2, 0.25) is 5.91 Å². The Morgan fingerprint density at radius 2 is 2.30 bits per heavy atom. The molecule has 110 valence electrons. The SMILES string of the molecule is CC(C)(C)c1cc(NC(=O)CCN2CCSC2=O)n[nH]1. The predicted molar refractivity (Wildman–Crippen MR) is 80.0 cm³/mol. The molecule has 1 aliphatic rings. The Kier molecular flexibility index (Phi) is 4.37. The molecule has 0 radical (unpaired) electrons. The zero-order valence-electron chi connectivity index (χ0n) is 12.0. The summed E-state index contributed by atoms with van der Waals surface area (Å²) in [6.45, 7) is 7.41. The van der Waals surface area contributed by atoms with Crippen LogP contribution in [0.15, 0.2) is 6.07 Å². The van der Waals surface area contributed by atoms with Crippen molar-refractivity contribution in [1.82, 2.24) is 15.1 Å². The molecular formula is C13H20N4O2S. The van der Waals surface area contributed by atoms with E-state index in [0.29, 0.717) is 18.8 Å². The van der Waals surface area contributed by atoms with Crippen LogP contribution >= 0.6 is 11.8 Å². The maximum Gasteiger partial charge on any atom is 0.281 e. The topological polar surface area (TPSA) is 78.1 Å². The largest absolute Gasteiger partial charge is 0.332 e. The molecule has 0 spiro atoms. The van der Waals surface area contributed by atoms with E-state index in [0.717, 1.165) is 18.0 Å². The van der Waals surface area contributed by atoms with Crippen LogP contribution in [0.2, 0.25) is 0 Å². The Balaban J connectivity index is 1.82. The Morgan fingerprint density at radius 1 is 1.55 bits per heavy atom. The van der Waals surface area contributed by atoms with Crippen LogP contribution in [0.3, 0.4) is 0 Å². The summed E-state index contributed by atoms with van der Waals surface area (Å²) in [7, 11) is 0. The van der Waals surface area contributed by atoms with Crippen molar-refractivity contribution in [2.45, 2.75) is 32.6 Å². The number of amides is 2. The average molecular weight is 296 g/mol. The summed E-state index contributed by atoms with van der Waals surface area (Å²) in [5.74, 6) is 1.22. The van der Waals surface area contributed by atoms with Gasteiger partial charge in [-0.3, -0.25) is 14.7 Å². The second-order valence-corrected chi connectivity index (χ2v) is 6.86. The molecular weight excluding hydrogens is 276 g/mol. The minimum Gasteiger partial charge on any atom is -0.332 e. The average Bonchev–Trinajstić information content (AvgIpc) is 2.95. The van der Waals surface area contributed by atoms with Crippen LogP contribution < -0.4 is 5.32 Å². The van der Waals surface area contributed by atoms with E-state index in [9.17, 15) is 9.59 Å². The van der Waals surface area contributed by atoms with Crippen molar-refractivity contribution in [2.75, 3.05) is 24.2 Å². The quantitative estimate of drug-likeness (QED) is 0.893. The van der Waals surface area contributed by atoms with Gasteiger partial charge in [0.1, 0.15) is 0 Å². The number of H-pyrrole nitrogens is 1. The molecule has 1 fully saturated rings. The lowest BCUT2D eigenvalue weighted by Crippen LogP contribution is -2.27. The van der Waals surface area contributed by atoms with Gasteiger partial charge in [0.05, 0.1) is 0 Å². The Hall–Kier alpha value is -1.50. The molecule has 0 aromatic carbocycles. The highest BCUT2D eigenvalue weighted by Crippen LogP contribution is 2.22. The summed E-state index contributed by atoms with van der Waals surface area (Å²) >= 11 is 1.31. The number of nitrogens with one attached hydrogen (secondary N) is 2. The maximum atomic E-state index is 11.8. The number of aromatic nitrogens is 2. The summed E-state index contributed by atoms with van der Waals surface area (Å²) < 4.78 is 0. The van der Waals surface area contributed by atoms with Crippen molar-refractivity contribution >= 4 is 28.7 Å². The van der Waals surface area contributed by atoms with E-state index < -0.39 is 0 Å². The molecule has 2 N–H and O–H groups in total. The lowest BCUT2D eigenvalue weighted by molar-refractivity contribution is -0.116. The summed E-state index contributed by atoms with van der Waals surface area (Å²) in [4.78, 5) is 24.9. The van der Waals surface area contributed by atoms with Crippen LogP contribution in [-0.4, -0.2) is 45.1 Å². The molecule has 0 aliphatic carbocycles. The van der Waals surface area contributed by atoms with Crippen molar-refractivity contribution in [3.05, 3.63) is 11.8 Å². The third kappa shape index (κ3) is 3.75. The molecule has 6 nitrogen and oxygen atoms in total. The third-order valence-corrected chi connectivity index (χ3v) is 4.00. The maximum absolute atomic E-state index is 11.8. The van der Waals surface area contributed by atoms with Crippen LogP contribution in [0.5, 0.6) is 0 Å². The highest BCUT2D eigenvalue weighted by molar-refractivity contribution is 8.13. The number of thioether (sulfide) groups is 1. The van der Waals surface area contributed by atoms with Crippen LogP contribution in [0.25, 0.3) is 0 Å². The van der Waals surface area contributed by atoms with E-state index in [-0.39, 0.29) is 16.6 Å². The number of rotatable bonds is 4. The standard InChI is InChI=1S/C13H20N4O2S/c1-13(2,3)9-8-10(16-15-9)14-11(18)4-5-17-6-7-20-12(17)19/h8H,4-7H2,1-3H3,(H2,14,15,16,18). The summed E-state index contributed by atoms with van der Waals surface area (Å²) in [6.07, 6.45) is 0.296. The van der Waals surface area contributed by atoms with Crippen LogP contribution in [0.4, 0.5) is 10.6 Å². The van der Waals surface area contributed by atoms with E-state index in [1.807, 2.05) is 6.07 Å². The van der Waals surface area contributed by atoms with Gasteiger partial charge in [0, 0.05) is 42.4 Å². The van der Waals surface area contributed by atoms with E-state index >= 15 is 0 Å². The molecule has 0 atom stereocenters. The number of aromatic amines is 1. The number of hydrogen-bond acceptors (Lipinski definition) is 4. The first-order valence-corrected chi connectivity index (χ1v) is 7.62.